The fraction of sp³-hybridized carbons (Fsp3) is 0.188. The zero-order chi connectivity index (χ0) is 19.7. The first-order chi connectivity index (χ1) is 12.7. The first-order valence-electron chi connectivity index (χ1n) is 7.86. The van der Waals surface area contributed by atoms with Crippen LogP contribution in [0.3, 0.4) is 0 Å². The first kappa shape index (κ1) is 19.1. The molecule has 2 aliphatic heterocycles. The van der Waals surface area contributed by atoms with Crippen LogP contribution in [0, 0.1) is 0 Å². The van der Waals surface area contributed by atoms with Gasteiger partial charge in [-0.1, -0.05) is 41.6 Å². The second kappa shape index (κ2) is 7.18. The second-order valence-corrected chi connectivity index (χ2v) is 9.52. The van der Waals surface area contributed by atoms with E-state index in [-0.39, 0.29) is 17.2 Å². The molecule has 0 fully saturated rings. The van der Waals surface area contributed by atoms with Gasteiger partial charge in [0, 0.05) is 11.6 Å². The molecule has 2 aromatic carbocycles. The Morgan fingerprint density at radius 1 is 0.926 bits per heavy atom. The van der Waals surface area contributed by atoms with Crippen molar-refractivity contribution < 1.29 is 22.0 Å². The molecule has 0 saturated heterocycles. The van der Waals surface area contributed by atoms with E-state index in [1.54, 1.807) is 36.4 Å². The number of nitrogens with one attached hydrogen (secondary N) is 2. The van der Waals surface area contributed by atoms with Gasteiger partial charge in [-0.25, -0.2) is 16.8 Å². The van der Waals surface area contributed by atoms with Gasteiger partial charge in [-0.3, -0.25) is 9.44 Å². The van der Waals surface area contributed by atoms with Crippen molar-refractivity contribution >= 4 is 37.1 Å². The summed E-state index contributed by atoms with van der Waals surface area (Å²) in [5.41, 5.74) is 8.39. The quantitative estimate of drug-likeness (QED) is 0.377. The number of rotatable bonds is 0. The van der Waals surface area contributed by atoms with Crippen LogP contribution in [-0.4, -0.2) is 39.3 Å². The second-order valence-electron chi connectivity index (χ2n) is 6.03. The summed E-state index contributed by atoms with van der Waals surface area (Å²) in [5, 5.41) is 11.6. The molecular formula is C16H18N4O5S2. The predicted octanol–water partition coefficient (Wildman–Crippen LogP) is 1.06. The van der Waals surface area contributed by atoms with Gasteiger partial charge in [0.2, 0.25) is 20.0 Å². The molecule has 11 heteroatoms. The van der Waals surface area contributed by atoms with E-state index in [2.05, 4.69) is 14.6 Å². The molecule has 1 atom stereocenters. The Morgan fingerprint density at radius 2 is 1.52 bits per heavy atom. The molecule has 0 saturated carbocycles. The normalized spacial score (nSPS) is 22.9. The number of fused-ring (bicyclic) bond motifs is 2. The highest BCUT2D eigenvalue weighted by Gasteiger charge is 2.26. The van der Waals surface area contributed by atoms with Crippen molar-refractivity contribution in [1.29, 1.82) is 0 Å². The highest BCUT2D eigenvalue weighted by Crippen LogP contribution is 2.28. The zero-order valence-electron chi connectivity index (χ0n) is 14.0. The minimum Gasteiger partial charge on any atom is -0.411 e. The summed E-state index contributed by atoms with van der Waals surface area (Å²) in [5.74, 6) is -0.329. The molecular weight excluding hydrogens is 392 g/mol. The van der Waals surface area contributed by atoms with Crippen LogP contribution in [0.4, 0.5) is 11.4 Å². The maximum Gasteiger partial charge on any atom is 0.238 e. The van der Waals surface area contributed by atoms with Crippen molar-refractivity contribution in [1.82, 2.24) is 0 Å². The van der Waals surface area contributed by atoms with Crippen LogP contribution in [0.25, 0.3) is 0 Å². The van der Waals surface area contributed by atoms with Crippen LogP contribution in [0.2, 0.25) is 0 Å². The summed E-state index contributed by atoms with van der Waals surface area (Å²) in [4.78, 5) is 0. The Hall–Kier alpha value is -2.63. The maximum atomic E-state index is 11.3. The Morgan fingerprint density at radius 3 is 2.22 bits per heavy atom. The highest BCUT2D eigenvalue weighted by atomic mass is 32.2. The van der Waals surface area contributed by atoms with Gasteiger partial charge in [-0.15, -0.1) is 0 Å². The number of nitrogens with two attached hydrogens (primary N) is 1. The van der Waals surface area contributed by atoms with Crippen LogP contribution in [-0.2, 0) is 20.0 Å². The third-order valence-electron chi connectivity index (χ3n) is 3.98. The SMILES string of the molecule is NC1CS(=O)(=O)Nc2ccccc21.O=S1(=O)C/C(=N\O)c2ccccc2N1. The van der Waals surface area contributed by atoms with E-state index in [1.807, 2.05) is 12.1 Å². The summed E-state index contributed by atoms with van der Waals surface area (Å²) in [6.45, 7) is 0. The summed E-state index contributed by atoms with van der Waals surface area (Å²) in [6, 6.07) is 13.5. The van der Waals surface area contributed by atoms with Gasteiger partial charge in [-0.05, 0) is 17.7 Å². The Kier molecular flexibility index (Phi) is 5.09. The molecule has 4 rings (SSSR count). The van der Waals surface area contributed by atoms with E-state index in [0.29, 0.717) is 16.9 Å². The third kappa shape index (κ3) is 4.38. The maximum absolute atomic E-state index is 11.3. The van der Waals surface area contributed by atoms with Crippen LogP contribution in [0.15, 0.2) is 53.7 Å². The van der Waals surface area contributed by atoms with E-state index in [1.165, 1.54) is 0 Å². The molecule has 0 aliphatic carbocycles. The molecule has 0 amide bonds. The minimum absolute atomic E-state index is 0.0377. The van der Waals surface area contributed by atoms with Crippen LogP contribution in [0.1, 0.15) is 17.2 Å². The average Bonchev–Trinajstić information content (AvgIpc) is 2.59. The summed E-state index contributed by atoms with van der Waals surface area (Å²) in [7, 11) is -6.62. The molecule has 2 heterocycles. The minimum atomic E-state index is -3.40. The molecule has 2 aromatic rings. The molecule has 0 aromatic heterocycles. The van der Waals surface area contributed by atoms with E-state index >= 15 is 0 Å². The van der Waals surface area contributed by atoms with Crippen LogP contribution >= 0.6 is 0 Å². The van der Waals surface area contributed by atoms with Gasteiger partial charge in [0.05, 0.1) is 17.1 Å². The number of hydrogen-bond donors (Lipinski definition) is 4. The molecule has 0 radical (unpaired) electrons. The number of oxime groups is 1. The number of para-hydroxylation sites is 2. The molecule has 9 nitrogen and oxygen atoms in total. The van der Waals surface area contributed by atoms with Crippen molar-refractivity contribution in [3.05, 3.63) is 59.7 Å². The number of nitrogens with zero attached hydrogens (tertiary/aromatic N) is 1. The largest absolute Gasteiger partial charge is 0.411 e. The summed E-state index contributed by atoms with van der Waals surface area (Å²) >= 11 is 0. The van der Waals surface area contributed by atoms with Gasteiger partial charge in [0.1, 0.15) is 11.5 Å². The summed E-state index contributed by atoms with van der Waals surface area (Å²) < 4.78 is 49.9. The monoisotopic (exact) mass is 410 g/mol. The van der Waals surface area contributed by atoms with E-state index < -0.39 is 26.1 Å². The smallest absolute Gasteiger partial charge is 0.238 e. The number of sulfonamides is 2. The number of hydrogen-bond acceptors (Lipinski definition) is 7. The lowest BCUT2D eigenvalue weighted by atomic mass is 10.1. The molecule has 27 heavy (non-hydrogen) atoms. The van der Waals surface area contributed by atoms with Gasteiger partial charge in [0.15, 0.2) is 0 Å². The molecule has 1 unspecified atom stereocenters. The van der Waals surface area contributed by atoms with Crippen LogP contribution < -0.4 is 15.2 Å². The van der Waals surface area contributed by atoms with Gasteiger partial charge in [0.25, 0.3) is 0 Å². The predicted molar refractivity (Wildman–Crippen MR) is 103 cm³/mol. The fourth-order valence-electron chi connectivity index (χ4n) is 2.82. The summed E-state index contributed by atoms with van der Waals surface area (Å²) in [6.07, 6.45) is 0. The lowest BCUT2D eigenvalue weighted by Crippen LogP contribution is -2.31. The van der Waals surface area contributed by atoms with Gasteiger partial charge >= 0.3 is 0 Å². The first-order valence-corrected chi connectivity index (χ1v) is 11.2. The van der Waals surface area contributed by atoms with Crippen molar-refractivity contribution in [2.24, 2.45) is 10.9 Å². The third-order valence-corrected chi connectivity index (χ3v) is 6.49. The average molecular weight is 410 g/mol. The van der Waals surface area contributed by atoms with Gasteiger partial charge < -0.3 is 10.9 Å². The van der Waals surface area contributed by atoms with Crippen molar-refractivity contribution in [3.63, 3.8) is 0 Å². The Balaban J connectivity index is 0.000000156. The van der Waals surface area contributed by atoms with Crippen LogP contribution in [0.5, 0.6) is 0 Å². The van der Waals surface area contributed by atoms with Crippen molar-refractivity contribution in [2.45, 2.75) is 6.04 Å². The van der Waals surface area contributed by atoms with Crippen molar-refractivity contribution in [3.8, 4) is 0 Å². The number of benzene rings is 2. The fourth-order valence-corrected chi connectivity index (χ4v) is 5.23. The van der Waals surface area contributed by atoms with E-state index in [4.69, 9.17) is 10.9 Å². The molecule has 0 bridgehead atoms. The Labute approximate surface area is 157 Å². The molecule has 0 spiro atoms. The zero-order valence-corrected chi connectivity index (χ0v) is 15.7. The topological polar surface area (TPSA) is 151 Å². The van der Waals surface area contributed by atoms with Crippen molar-refractivity contribution in [2.75, 3.05) is 20.9 Å². The van der Waals surface area contributed by atoms with E-state index in [9.17, 15) is 16.8 Å². The van der Waals surface area contributed by atoms with E-state index in [0.717, 1.165) is 5.56 Å². The Bertz CT molecular complexity index is 1100. The van der Waals surface area contributed by atoms with Gasteiger partial charge in [-0.2, -0.15) is 0 Å². The number of anilines is 2. The standard InChI is InChI=1S/C8H8N2O3S.C8H10N2O2S/c11-9-8-5-14(12,13)10-7-4-2-1-3-6(7)8;9-7-5-13(11,12)10-8-4-2-1-3-6(7)8/h1-4,10-11H,5H2;1-4,7,10H,5,9H2/b9-8+;. The lowest BCUT2D eigenvalue weighted by molar-refractivity contribution is 0.319. The molecule has 144 valence electrons. The molecule has 5 N–H and O–H groups in total. The molecule has 2 aliphatic rings. The lowest BCUT2D eigenvalue weighted by Gasteiger charge is -2.23. The highest BCUT2D eigenvalue weighted by molar-refractivity contribution is 7.93.